The molecule has 120 valence electrons. The maximum absolute atomic E-state index is 4.69. The zero-order valence-corrected chi connectivity index (χ0v) is 13.5. The number of aromatic amines is 1. The van der Waals surface area contributed by atoms with E-state index in [1.807, 2.05) is 37.3 Å². The first kappa shape index (κ1) is 13.9. The van der Waals surface area contributed by atoms with Gasteiger partial charge in [0, 0.05) is 5.56 Å². The normalized spacial score (nSPS) is 11.4. The Morgan fingerprint density at radius 2 is 1.56 bits per heavy atom. The number of benzene rings is 2. The third kappa shape index (κ3) is 2.19. The van der Waals surface area contributed by atoms with Crippen LogP contribution in [-0.4, -0.2) is 29.5 Å². The molecule has 5 aromatic rings. The van der Waals surface area contributed by atoms with Gasteiger partial charge in [0.1, 0.15) is 11.3 Å². The fourth-order valence-corrected chi connectivity index (χ4v) is 3.00. The van der Waals surface area contributed by atoms with Crippen molar-refractivity contribution < 1.29 is 0 Å². The van der Waals surface area contributed by atoms with Gasteiger partial charge in [-0.3, -0.25) is 0 Å². The van der Waals surface area contributed by atoms with E-state index in [9.17, 15) is 0 Å². The molecule has 0 bridgehead atoms. The molecule has 6 heteroatoms. The van der Waals surface area contributed by atoms with E-state index in [1.165, 1.54) is 11.1 Å². The van der Waals surface area contributed by atoms with Crippen LogP contribution >= 0.6 is 0 Å². The van der Waals surface area contributed by atoms with Crippen LogP contribution in [-0.2, 0) is 0 Å². The number of imidazole rings is 1. The van der Waals surface area contributed by atoms with Gasteiger partial charge in [0.05, 0.1) is 6.33 Å². The number of rotatable bonds is 2. The number of fused-ring (bicyclic) bond motifs is 3. The highest BCUT2D eigenvalue weighted by molar-refractivity contribution is 5.85. The number of aromatic nitrogens is 6. The molecule has 5 rings (SSSR count). The highest BCUT2D eigenvalue weighted by Gasteiger charge is 2.13. The lowest BCUT2D eigenvalue weighted by Gasteiger charge is -2.02. The van der Waals surface area contributed by atoms with E-state index in [0.29, 0.717) is 11.5 Å². The summed E-state index contributed by atoms with van der Waals surface area (Å²) in [6, 6.07) is 18.6. The Labute approximate surface area is 143 Å². The predicted molar refractivity (Wildman–Crippen MR) is 96.0 cm³/mol. The summed E-state index contributed by atoms with van der Waals surface area (Å²) in [6.45, 7) is 1.90. The molecular formula is C19H14N6. The van der Waals surface area contributed by atoms with Gasteiger partial charge in [-0.05, 0) is 18.1 Å². The van der Waals surface area contributed by atoms with E-state index in [4.69, 9.17) is 0 Å². The van der Waals surface area contributed by atoms with Gasteiger partial charge in [-0.1, -0.05) is 54.6 Å². The van der Waals surface area contributed by atoms with Gasteiger partial charge in [0.2, 0.25) is 0 Å². The fourth-order valence-electron chi connectivity index (χ4n) is 3.00. The van der Waals surface area contributed by atoms with Crippen LogP contribution in [0, 0.1) is 6.92 Å². The van der Waals surface area contributed by atoms with E-state index >= 15 is 0 Å². The summed E-state index contributed by atoms with van der Waals surface area (Å²) >= 11 is 0. The van der Waals surface area contributed by atoms with Gasteiger partial charge in [-0.15, -0.1) is 5.10 Å². The van der Waals surface area contributed by atoms with E-state index in [0.717, 1.165) is 22.6 Å². The number of nitrogens with one attached hydrogen (secondary N) is 1. The van der Waals surface area contributed by atoms with E-state index in [1.54, 1.807) is 10.8 Å². The highest BCUT2D eigenvalue weighted by Crippen LogP contribution is 2.24. The van der Waals surface area contributed by atoms with E-state index in [-0.39, 0.29) is 0 Å². The standard InChI is InChI=1S/C19H14N6/c1-12-22-18-16(20-11-21-18)19-23-17(24-25(12)19)15-9-7-14(8-10-15)13-5-3-2-4-6-13/h2-11H,1H3,(H,20,21). The van der Waals surface area contributed by atoms with E-state index in [2.05, 4.69) is 49.3 Å². The zero-order valence-electron chi connectivity index (χ0n) is 13.5. The molecule has 0 amide bonds. The van der Waals surface area contributed by atoms with Crippen molar-refractivity contribution in [1.29, 1.82) is 0 Å². The Bertz CT molecular complexity index is 1190. The summed E-state index contributed by atoms with van der Waals surface area (Å²) < 4.78 is 1.75. The van der Waals surface area contributed by atoms with Crippen LogP contribution in [0.15, 0.2) is 60.9 Å². The molecule has 0 aliphatic carbocycles. The van der Waals surface area contributed by atoms with Crippen LogP contribution in [0.2, 0.25) is 0 Å². The number of aryl methyl sites for hydroxylation is 1. The van der Waals surface area contributed by atoms with Crippen molar-refractivity contribution in [1.82, 2.24) is 29.5 Å². The quantitative estimate of drug-likeness (QED) is 0.537. The molecule has 3 aromatic heterocycles. The van der Waals surface area contributed by atoms with Crippen molar-refractivity contribution in [3.05, 3.63) is 66.7 Å². The van der Waals surface area contributed by atoms with Crippen LogP contribution < -0.4 is 0 Å². The maximum atomic E-state index is 4.69. The molecule has 1 N–H and O–H groups in total. The topological polar surface area (TPSA) is 71.8 Å². The van der Waals surface area contributed by atoms with Gasteiger partial charge in [0.25, 0.3) is 0 Å². The summed E-state index contributed by atoms with van der Waals surface area (Å²) in [5.41, 5.74) is 5.52. The molecule has 0 aliphatic rings. The molecule has 0 saturated carbocycles. The Balaban J connectivity index is 1.62. The van der Waals surface area contributed by atoms with Gasteiger partial charge < -0.3 is 4.98 Å². The monoisotopic (exact) mass is 326 g/mol. The van der Waals surface area contributed by atoms with Crippen molar-refractivity contribution >= 4 is 16.8 Å². The average molecular weight is 326 g/mol. The first-order chi connectivity index (χ1) is 12.3. The van der Waals surface area contributed by atoms with Crippen molar-refractivity contribution in [2.45, 2.75) is 6.92 Å². The van der Waals surface area contributed by atoms with Crippen molar-refractivity contribution in [2.24, 2.45) is 0 Å². The molecule has 0 fully saturated rings. The Morgan fingerprint density at radius 1 is 0.840 bits per heavy atom. The second kappa shape index (κ2) is 5.24. The molecule has 0 aliphatic heterocycles. The summed E-state index contributed by atoms with van der Waals surface area (Å²) in [7, 11) is 0. The molecule has 0 spiro atoms. The van der Waals surface area contributed by atoms with Gasteiger partial charge in [-0.2, -0.15) is 4.52 Å². The second-order valence-corrected chi connectivity index (χ2v) is 5.87. The molecule has 0 unspecified atom stereocenters. The molecular weight excluding hydrogens is 312 g/mol. The molecule has 25 heavy (non-hydrogen) atoms. The van der Waals surface area contributed by atoms with Crippen LogP contribution in [0.5, 0.6) is 0 Å². The Hall–Kier alpha value is -3.54. The first-order valence-corrected chi connectivity index (χ1v) is 8.02. The van der Waals surface area contributed by atoms with E-state index < -0.39 is 0 Å². The molecule has 0 atom stereocenters. The Morgan fingerprint density at radius 3 is 2.36 bits per heavy atom. The first-order valence-electron chi connectivity index (χ1n) is 8.02. The lowest BCUT2D eigenvalue weighted by Crippen LogP contribution is -1.98. The smallest absolute Gasteiger partial charge is 0.185 e. The predicted octanol–water partition coefficient (Wildman–Crippen LogP) is 3.64. The van der Waals surface area contributed by atoms with Crippen LogP contribution in [0.1, 0.15) is 5.82 Å². The minimum atomic E-state index is 0.656. The summed E-state index contributed by atoms with van der Waals surface area (Å²) in [5, 5.41) is 4.61. The Kier molecular flexibility index (Phi) is 2.90. The minimum absolute atomic E-state index is 0.656. The molecule has 6 nitrogen and oxygen atoms in total. The molecule has 2 aromatic carbocycles. The number of H-pyrrole nitrogens is 1. The van der Waals surface area contributed by atoms with Gasteiger partial charge in [-0.25, -0.2) is 15.0 Å². The number of nitrogens with zero attached hydrogens (tertiary/aromatic N) is 5. The summed E-state index contributed by atoms with van der Waals surface area (Å²) in [4.78, 5) is 16.4. The third-order valence-electron chi connectivity index (χ3n) is 4.27. The highest BCUT2D eigenvalue weighted by atomic mass is 15.3. The lowest BCUT2D eigenvalue weighted by atomic mass is 10.0. The molecule has 0 saturated heterocycles. The van der Waals surface area contributed by atoms with Crippen LogP contribution in [0.4, 0.5) is 0 Å². The largest absolute Gasteiger partial charge is 0.340 e. The SMILES string of the molecule is Cc1nc2nc[nH]c2c2nc(-c3ccc(-c4ccccc4)cc3)nn12. The second-order valence-electron chi connectivity index (χ2n) is 5.87. The van der Waals surface area contributed by atoms with Gasteiger partial charge >= 0.3 is 0 Å². The van der Waals surface area contributed by atoms with Crippen LogP contribution in [0.3, 0.4) is 0 Å². The molecule has 0 radical (unpaired) electrons. The van der Waals surface area contributed by atoms with Crippen molar-refractivity contribution in [2.75, 3.05) is 0 Å². The number of hydrogen-bond donors (Lipinski definition) is 1. The number of hydrogen-bond acceptors (Lipinski definition) is 4. The zero-order chi connectivity index (χ0) is 16.8. The van der Waals surface area contributed by atoms with Gasteiger partial charge in [0.15, 0.2) is 17.1 Å². The molecule has 3 heterocycles. The van der Waals surface area contributed by atoms with Crippen molar-refractivity contribution in [3.8, 4) is 22.5 Å². The summed E-state index contributed by atoms with van der Waals surface area (Å²) in [5.74, 6) is 1.43. The third-order valence-corrected chi connectivity index (χ3v) is 4.27. The fraction of sp³-hybridized carbons (Fsp3) is 0.0526. The summed E-state index contributed by atoms with van der Waals surface area (Å²) in [6.07, 6.45) is 1.63. The average Bonchev–Trinajstić information content (AvgIpc) is 3.29. The minimum Gasteiger partial charge on any atom is -0.340 e. The van der Waals surface area contributed by atoms with Crippen LogP contribution in [0.25, 0.3) is 39.3 Å². The maximum Gasteiger partial charge on any atom is 0.185 e. The lowest BCUT2D eigenvalue weighted by molar-refractivity contribution is 0.877. The van der Waals surface area contributed by atoms with Crippen molar-refractivity contribution in [3.63, 3.8) is 0 Å².